The van der Waals surface area contributed by atoms with Crippen molar-refractivity contribution in [3.63, 3.8) is 0 Å². The van der Waals surface area contributed by atoms with Gasteiger partial charge in [0.05, 0.1) is 6.10 Å². The number of aliphatic hydroxyl groups is 1. The van der Waals surface area contributed by atoms with Gasteiger partial charge in [0.2, 0.25) is 0 Å². The SMILES string of the molecule is [CH2]C(O)c1c(Br)ccc2c1OC(F)(F)O2. The predicted molar refractivity (Wildman–Crippen MR) is 50.7 cm³/mol. The summed E-state index contributed by atoms with van der Waals surface area (Å²) in [6.45, 7) is 3.34. The summed E-state index contributed by atoms with van der Waals surface area (Å²) in [5, 5.41) is 9.32. The second-order valence-corrected chi connectivity index (χ2v) is 3.83. The van der Waals surface area contributed by atoms with E-state index in [0.717, 1.165) is 0 Å². The van der Waals surface area contributed by atoms with E-state index in [-0.39, 0.29) is 17.1 Å². The van der Waals surface area contributed by atoms with Crippen molar-refractivity contribution in [2.75, 3.05) is 0 Å². The first-order valence-electron chi connectivity index (χ1n) is 4.00. The van der Waals surface area contributed by atoms with E-state index in [9.17, 15) is 13.9 Å². The van der Waals surface area contributed by atoms with Crippen molar-refractivity contribution in [1.82, 2.24) is 0 Å². The van der Waals surface area contributed by atoms with E-state index in [1.165, 1.54) is 12.1 Å². The molecule has 0 bridgehead atoms. The number of aliphatic hydroxyl groups excluding tert-OH is 1. The van der Waals surface area contributed by atoms with Crippen LogP contribution in [-0.4, -0.2) is 11.4 Å². The van der Waals surface area contributed by atoms with Gasteiger partial charge in [-0.3, -0.25) is 0 Å². The van der Waals surface area contributed by atoms with Crippen molar-refractivity contribution >= 4 is 15.9 Å². The normalized spacial score (nSPS) is 19.0. The third kappa shape index (κ3) is 1.79. The Balaban J connectivity index is 2.55. The van der Waals surface area contributed by atoms with Gasteiger partial charge in [-0.15, -0.1) is 8.78 Å². The predicted octanol–water partition coefficient (Wildman–Crippen LogP) is 2.64. The summed E-state index contributed by atoms with van der Waals surface area (Å²) in [7, 11) is 0. The average Bonchev–Trinajstić information content (AvgIpc) is 2.37. The zero-order chi connectivity index (χ0) is 11.2. The number of halogens is 3. The minimum Gasteiger partial charge on any atom is -0.395 e. The molecule has 0 saturated heterocycles. The number of alkyl halides is 2. The largest absolute Gasteiger partial charge is 0.586 e. The number of hydrogen-bond donors (Lipinski definition) is 1. The lowest BCUT2D eigenvalue weighted by Gasteiger charge is -2.10. The highest BCUT2D eigenvalue weighted by Gasteiger charge is 2.45. The molecule has 2 rings (SSSR count). The van der Waals surface area contributed by atoms with Crippen LogP contribution in [-0.2, 0) is 0 Å². The van der Waals surface area contributed by atoms with Crippen LogP contribution in [0, 0.1) is 6.92 Å². The third-order valence-electron chi connectivity index (χ3n) is 1.89. The molecule has 1 aliphatic rings. The minimum atomic E-state index is -3.69. The maximum atomic E-state index is 12.8. The van der Waals surface area contributed by atoms with Gasteiger partial charge >= 0.3 is 6.29 Å². The van der Waals surface area contributed by atoms with Crippen LogP contribution in [0.15, 0.2) is 16.6 Å². The van der Waals surface area contributed by atoms with Gasteiger partial charge in [0.15, 0.2) is 11.5 Å². The highest BCUT2D eigenvalue weighted by Crippen LogP contribution is 2.47. The lowest BCUT2D eigenvalue weighted by Crippen LogP contribution is -2.26. The van der Waals surface area contributed by atoms with E-state index in [1.807, 2.05) is 0 Å². The molecule has 0 aromatic heterocycles. The van der Waals surface area contributed by atoms with Crippen molar-refractivity contribution in [2.45, 2.75) is 12.4 Å². The van der Waals surface area contributed by atoms with E-state index >= 15 is 0 Å². The van der Waals surface area contributed by atoms with Gasteiger partial charge in [-0.05, 0) is 19.1 Å². The third-order valence-corrected chi connectivity index (χ3v) is 2.58. The smallest absolute Gasteiger partial charge is 0.395 e. The minimum absolute atomic E-state index is 0.110. The van der Waals surface area contributed by atoms with E-state index in [1.54, 1.807) is 0 Å². The van der Waals surface area contributed by atoms with Gasteiger partial charge < -0.3 is 14.6 Å². The molecule has 1 aliphatic heterocycles. The Morgan fingerprint density at radius 1 is 1.40 bits per heavy atom. The molecule has 1 atom stereocenters. The molecule has 0 amide bonds. The van der Waals surface area contributed by atoms with Gasteiger partial charge in [-0.2, -0.15) is 0 Å². The zero-order valence-corrected chi connectivity index (χ0v) is 8.92. The lowest BCUT2D eigenvalue weighted by atomic mass is 10.1. The van der Waals surface area contributed by atoms with Crippen molar-refractivity contribution in [1.29, 1.82) is 0 Å². The van der Waals surface area contributed by atoms with Crippen LogP contribution in [0.5, 0.6) is 11.5 Å². The summed E-state index contributed by atoms with van der Waals surface area (Å²) in [5.74, 6) is -0.294. The van der Waals surface area contributed by atoms with E-state index in [4.69, 9.17) is 0 Å². The quantitative estimate of drug-likeness (QED) is 0.859. The van der Waals surface area contributed by atoms with E-state index in [2.05, 4.69) is 32.3 Å². The summed E-state index contributed by atoms with van der Waals surface area (Å²) in [6.07, 6.45) is -4.86. The molecule has 1 radical (unpaired) electrons. The Kier molecular flexibility index (Phi) is 2.35. The average molecular weight is 280 g/mol. The first-order valence-corrected chi connectivity index (χ1v) is 4.79. The molecule has 6 heteroatoms. The Bertz CT molecular complexity index is 407. The van der Waals surface area contributed by atoms with E-state index < -0.39 is 12.4 Å². The fraction of sp³-hybridized carbons (Fsp3) is 0.222. The molecule has 15 heavy (non-hydrogen) atoms. The highest BCUT2D eigenvalue weighted by atomic mass is 79.9. The second-order valence-electron chi connectivity index (χ2n) is 2.97. The molecule has 1 heterocycles. The lowest BCUT2D eigenvalue weighted by molar-refractivity contribution is -0.287. The summed E-state index contributed by atoms with van der Waals surface area (Å²) < 4.78 is 34.4. The number of rotatable bonds is 1. The summed E-state index contributed by atoms with van der Waals surface area (Å²) in [6, 6.07) is 2.81. The number of fused-ring (bicyclic) bond motifs is 1. The van der Waals surface area contributed by atoms with Gasteiger partial charge in [-0.1, -0.05) is 15.9 Å². The molecule has 1 unspecified atom stereocenters. The Morgan fingerprint density at radius 2 is 2.07 bits per heavy atom. The van der Waals surface area contributed by atoms with Crippen molar-refractivity contribution < 1.29 is 23.4 Å². The van der Waals surface area contributed by atoms with Gasteiger partial charge in [0, 0.05) is 10.0 Å². The van der Waals surface area contributed by atoms with Crippen LogP contribution >= 0.6 is 15.9 Å². The summed E-state index contributed by atoms with van der Waals surface area (Å²) >= 11 is 3.11. The molecule has 1 aromatic carbocycles. The fourth-order valence-electron chi connectivity index (χ4n) is 1.32. The van der Waals surface area contributed by atoms with Crippen LogP contribution in [0.3, 0.4) is 0 Å². The van der Waals surface area contributed by atoms with Gasteiger partial charge in [-0.25, -0.2) is 0 Å². The molecule has 1 N–H and O–H groups in total. The first-order chi connectivity index (χ1) is 6.91. The standard InChI is InChI=1S/C9H6BrF2O3/c1-4(13)7-5(10)2-3-6-8(7)15-9(11,12)14-6/h2-4,13H,1H2. The van der Waals surface area contributed by atoms with Crippen molar-refractivity contribution in [2.24, 2.45) is 0 Å². The maximum Gasteiger partial charge on any atom is 0.586 e. The van der Waals surface area contributed by atoms with Crippen LogP contribution in [0.1, 0.15) is 11.7 Å². The van der Waals surface area contributed by atoms with Crippen LogP contribution in [0.2, 0.25) is 0 Å². The van der Waals surface area contributed by atoms with Crippen LogP contribution in [0.25, 0.3) is 0 Å². The monoisotopic (exact) mass is 279 g/mol. The number of benzene rings is 1. The molecule has 81 valence electrons. The number of ether oxygens (including phenoxy) is 2. The molecular formula is C9H6BrF2O3. The summed E-state index contributed by atoms with van der Waals surface area (Å²) in [5.41, 5.74) is 0.143. The Morgan fingerprint density at radius 3 is 2.67 bits per heavy atom. The van der Waals surface area contributed by atoms with Crippen molar-refractivity contribution in [3.8, 4) is 11.5 Å². The summed E-state index contributed by atoms with van der Waals surface area (Å²) in [4.78, 5) is 0. The van der Waals surface area contributed by atoms with Crippen LogP contribution < -0.4 is 9.47 Å². The molecule has 0 fully saturated rings. The Hall–Kier alpha value is -0.880. The second kappa shape index (κ2) is 3.31. The molecule has 3 nitrogen and oxygen atoms in total. The van der Waals surface area contributed by atoms with E-state index in [0.29, 0.717) is 4.47 Å². The Labute approximate surface area is 92.7 Å². The fourth-order valence-corrected chi connectivity index (χ4v) is 1.90. The maximum absolute atomic E-state index is 12.8. The highest BCUT2D eigenvalue weighted by molar-refractivity contribution is 9.10. The molecular weight excluding hydrogens is 274 g/mol. The topological polar surface area (TPSA) is 38.7 Å². The van der Waals surface area contributed by atoms with Gasteiger partial charge in [0.25, 0.3) is 0 Å². The van der Waals surface area contributed by atoms with Crippen LogP contribution in [0.4, 0.5) is 8.78 Å². The zero-order valence-electron chi connectivity index (χ0n) is 7.34. The van der Waals surface area contributed by atoms with Gasteiger partial charge in [0.1, 0.15) is 0 Å². The van der Waals surface area contributed by atoms with Crippen molar-refractivity contribution in [3.05, 3.63) is 29.1 Å². The molecule has 1 aromatic rings. The number of hydrogen-bond acceptors (Lipinski definition) is 3. The molecule has 0 spiro atoms. The molecule has 0 aliphatic carbocycles. The first kappa shape index (κ1) is 10.6. The molecule has 0 saturated carbocycles.